The number of ether oxygens (including phenoxy) is 2. The highest BCUT2D eigenvalue weighted by Gasteiger charge is 2.23. The highest BCUT2D eigenvalue weighted by atomic mass is 35.5. The van der Waals surface area contributed by atoms with E-state index in [0.717, 1.165) is 39.0 Å². The lowest BCUT2D eigenvalue weighted by Gasteiger charge is -2.19. The maximum absolute atomic E-state index is 12.7. The Bertz CT molecular complexity index is 1810. The molecule has 0 radical (unpaired) electrons. The van der Waals surface area contributed by atoms with E-state index in [1.807, 2.05) is 84.9 Å². The highest BCUT2D eigenvalue weighted by Crippen LogP contribution is 2.45. The van der Waals surface area contributed by atoms with Gasteiger partial charge in [0.25, 0.3) is 0 Å². The van der Waals surface area contributed by atoms with Crippen LogP contribution in [0.1, 0.15) is 28.7 Å². The SMILES string of the molecule is C=C/C=C(\C=C)COC(=O)N(C)CCOc1ccc(/C(=C(/CCCl)c2ccccc2)c2ccc(OP(=O)(O)OCc3ccccc3)cc2)cc1. The third kappa shape index (κ3) is 11.6. The van der Waals surface area contributed by atoms with Gasteiger partial charge in [-0.1, -0.05) is 116 Å². The quantitative estimate of drug-likeness (QED) is 0.0475. The van der Waals surface area contributed by atoms with Crippen LogP contribution >= 0.6 is 19.4 Å². The van der Waals surface area contributed by atoms with Crippen LogP contribution in [-0.4, -0.2) is 48.6 Å². The summed E-state index contributed by atoms with van der Waals surface area (Å²) in [5, 5.41) is 0. The van der Waals surface area contributed by atoms with Gasteiger partial charge >= 0.3 is 13.9 Å². The third-order valence-corrected chi connectivity index (χ3v) is 8.56. The molecule has 0 saturated carbocycles. The highest BCUT2D eigenvalue weighted by molar-refractivity contribution is 7.47. The molecule has 0 heterocycles. The van der Waals surface area contributed by atoms with Gasteiger partial charge in [0.05, 0.1) is 13.2 Å². The number of amides is 1. The molecule has 0 spiro atoms. The molecule has 1 atom stereocenters. The van der Waals surface area contributed by atoms with Crippen molar-refractivity contribution in [3.63, 3.8) is 0 Å². The molecule has 50 heavy (non-hydrogen) atoms. The minimum Gasteiger partial charge on any atom is -0.492 e. The van der Waals surface area contributed by atoms with E-state index < -0.39 is 13.9 Å². The van der Waals surface area contributed by atoms with Gasteiger partial charge in [0.1, 0.15) is 24.7 Å². The second kappa shape index (κ2) is 19.4. The van der Waals surface area contributed by atoms with E-state index in [0.29, 0.717) is 24.6 Å². The van der Waals surface area contributed by atoms with Crippen LogP contribution in [0.2, 0.25) is 0 Å². The Morgan fingerprint density at radius 2 is 1.46 bits per heavy atom. The number of carbonyl (C=O) groups is 1. The van der Waals surface area contributed by atoms with Crippen LogP contribution in [-0.2, 0) is 20.4 Å². The zero-order chi connectivity index (χ0) is 35.8. The van der Waals surface area contributed by atoms with Crippen molar-refractivity contribution in [2.24, 2.45) is 0 Å². The van der Waals surface area contributed by atoms with Crippen molar-refractivity contribution in [2.45, 2.75) is 13.0 Å². The van der Waals surface area contributed by atoms with Crippen molar-refractivity contribution in [3.8, 4) is 11.5 Å². The number of hydrogen-bond donors (Lipinski definition) is 1. The van der Waals surface area contributed by atoms with E-state index >= 15 is 0 Å². The Balaban J connectivity index is 1.50. The van der Waals surface area contributed by atoms with E-state index in [9.17, 15) is 14.3 Å². The van der Waals surface area contributed by atoms with Gasteiger partial charge in [-0.05, 0) is 69.7 Å². The van der Waals surface area contributed by atoms with Gasteiger partial charge < -0.3 is 18.9 Å². The molecule has 0 saturated heterocycles. The van der Waals surface area contributed by atoms with Crippen LogP contribution in [0.25, 0.3) is 11.1 Å². The maximum atomic E-state index is 12.7. The summed E-state index contributed by atoms with van der Waals surface area (Å²) < 4.78 is 34.5. The van der Waals surface area contributed by atoms with Gasteiger partial charge in [-0.25, -0.2) is 9.36 Å². The molecular weight excluding hydrogens is 673 g/mol. The summed E-state index contributed by atoms with van der Waals surface area (Å²) >= 11 is 6.33. The van der Waals surface area contributed by atoms with E-state index in [2.05, 4.69) is 13.2 Å². The molecule has 4 aromatic rings. The molecule has 4 rings (SSSR count). The first kappa shape index (κ1) is 38.0. The van der Waals surface area contributed by atoms with Crippen LogP contribution in [0, 0.1) is 0 Å². The first-order chi connectivity index (χ1) is 24.2. The summed E-state index contributed by atoms with van der Waals surface area (Å²) in [5.74, 6) is 1.23. The number of carbonyl (C=O) groups excluding carboxylic acids is 1. The van der Waals surface area contributed by atoms with Gasteiger partial charge in [0.15, 0.2) is 0 Å². The fourth-order valence-corrected chi connectivity index (χ4v) is 5.87. The average Bonchev–Trinajstić information content (AvgIpc) is 3.14. The number of phosphoric acid groups is 1. The second-order valence-corrected chi connectivity index (χ2v) is 12.8. The normalized spacial score (nSPS) is 13.0. The van der Waals surface area contributed by atoms with Crippen LogP contribution < -0.4 is 9.26 Å². The molecular formula is C40H41ClNO7P. The average molecular weight is 714 g/mol. The Labute approximate surface area is 299 Å². The largest absolute Gasteiger partial charge is 0.527 e. The summed E-state index contributed by atoms with van der Waals surface area (Å²) in [6.07, 6.45) is 5.08. The van der Waals surface area contributed by atoms with Crippen LogP contribution in [0.4, 0.5) is 4.79 Å². The molecule has 0 aliphatic heterocycles. The molecule has 0 fully saturated rings. The molecule has 0 aliphatic rings. The van der Waals surface area contributed by atoms with Crippen molar-refractivity contribution >= 4 is 36.7 Å². The minimum atomic E-state index is -4.37. The number of likely N-dealkylation sites (N-methyl/N-ethyl adjacent to an activating group) is 1. The third-order valence-electron chi connectivity index (χ3n) is 7.48. The summed E-state index contributed by atoms with van der Waals surface area (Å²) in [7, 11) is -2.73. The number of phosphoric ester groups is 1. The topological polar surface area (TPSA) is 94.5 Å². The lowest BCUT2D eigenvalue weighted by molar-refractivity contribution is 0.114. The molecule has 1 amide bonds. The predicted molar refractivity (Wildman–Crippen MR) is 200 cm³/mol. The molecule has 0 aliphatic carbocycles. The van der Waals surface area contributed by atoms with Crippen molar-refractivity contribution in [1.29, 1.82) is 0 Å². The fourth-order valence-electron chi connectivity index (χ4n) is 4.93. The van der Waals surface area contributed by atoms with E-state index in [1.165, 1.54) is 4.90 Å². The van der Waals surface area contributed by atoms with Gasteiger partial charge in [-0.3, -0.25) is 9.42 Å². The number of halogens is 1. The smallest absolute Gasteiger partial charge is 0.492 e. The Hall–Kier alpha value is -4.85. The maximum Gasteiger partial charge on any atom is 0.527 e. The number of nitrogens with zero attached hydrogens (tertiary/aromatic N) is 1. The molecule has 260 valence electrons. The standard InChI is InChI=1S/C40H41ClNO7P/c1-4-12-31(5-2)29-47-40(43)42(3)27-28-46-36-21-17-34(18-22-36)39(38(25-26-41)33-15-10-7-11-16-33)35-19-23-37(24-20-35)49-50(44,45)48-30-32-13-8-6-9-14-32/h4-24H,1-2,25-30H2,3H3,(H,44,45)/b31-12+,39-38+. The number of alkyl halides is 1. The zero-order valence-corrected chi connectivity index (χ0v) is 29.6. The second-order valence-electron chi connectivity index (χ2n) is 11.0. The van der Waals surface area contributed by atoms with Crippen molar-refractivity contribution in [3.05, 3.63) is 168 Å². The molecule has 1 unspecified atom stereocenters. The lowest BCUT2D eigenvalue weighted by Crippen LogP contribution is -2.31. The molecule has 10 heteroatoms. The Kier molecular flexibility index (Phi) is 14.7. The Morgan fingerprint density at radius 3 is 2.04 bits per heavy atom. The summed E-state index contributed by atoms with van der Waals surface area (Å²) in [6, 6.07) is 33.7. The van der Waals surface area contributed by atoms with Gasteiger partial charge in [-0.15, -0.1) is 11.6 Å². The molecule has 4 aromatic carbocycles. The number of hydrogen-bond acceptors (Lipinski definition) is 6. The van der Waals surface area contributed by atoms with Gasteiger partial charge in [0.2, 0.25) is 0 Å². The van der Waals surface area contributed by atoms with Crippen LogP contribution in [0.3, 0.4) is 0 Å². The molecule has 1 N–H and O–H groups in total. The monoisotopic (exact) mass is 713 g/mol. The van der Waals surface area contributed by atoms with Crippen molar-refractivity contribution in [2.75, 3.05) is 32.7 Å². The van der Waals surface area contributed by atoms with Crippen LogP contribution in [0.5, 0.6) is 11.5 Å². The van der Waals surface area contributed by atoms with Crippen LogP contribution in [0.15, 0.2) is 146 Å². The van der Waals surface area contributed by atoms with Gasteiger partial charge in [0, 0.05) is 12.9 Å². The number of allylic oxidation sites excluding steroid dienone is 3. The summed E-state index contributed by atoms with van der Waals surface area (Å²) in [5.41, 5.74) is 6.27. The summed E-state index contributed by atoms with van der Waals surface area (Å²) in [6.45, 7) is 7.97. The van der Waals surface area contributed by atoms with E-state index in [4.69, 9.17) is 30.1 Å². The molecule has 0 aromatic heterocycles. The van der Waals surface area contributed by atoms with Gasteiger partial charge in [-0.2, -0.15) is 0 Å². The summed E-state index contributed by atoms with van der Waals surface area (Å²) in [4.78, 5) is 24.2. The van der Waals surface area contributed by atoms with Crippen molar-refractivity contribution in [1.82, 2.24) is 4.90 Å². The first-order valence-electron chi connectivity index (χ1n) is 15.9. The predicted octanol–water partition coefficient (Wildman–Crippen LogP) is 9.72. The fraction of sp³-hybridized carbons (Fsp3) is 0.175. The Morgan fingerprint density at radius 1 is 0.860 bits per heavy atom. The molecule has 8 nitrogen and oxygen atoms in total. The number of rotatable bonds is 18. The minimum absolute atomic E-state index is 0.0630. The van der Waals surface area contributed by atoms with E-state index in [1.54, 1.807) is 49.5 Å². The first-order valence-corrected chi connectivity index (χ1v) is 18.0. The van der Waals surface area contributed by atoms with Crippen molar-refractivity contribution < 1.29 is 32.8 Å². The zero-order valence-electron chi connectivity index (χ0n) is 28.0. The lowest BCUT2D eigenvalue weighted by atomic mass is 9.88. The van der Waals surface area contributed by atoms with E-state index in [-0.39, 0.29) is 25.6 Å². The number of benzene rings is 4. The molecule has 0 bridgehead atoms.